The normalized spacial score (nSPS) is 18.6. The molecular formula is C14H16N2O3. The molecular weight excluding hydrogens is 244 g/mol. The van der Waals surface area contributed by atoms with Gasteiger partial charge in [-0.1, -0.05) is 17.7 Å². The molecule has 1 heterocycles. The van der Waals surface area contributed by atoms with E-state index in [4.69, 9.17) is 5.11 Å². The second kappa shape index (κ2) is 5.22. The third-order valence-corrected chi connectivity index (χ3v) is 3.19. The molecule has 1 aliphatic heterocycles. The van der Waals surface area contributed by atoms with Gasteiger partial charge in [-0.15, -0.1) is 0 Å². The number of carboxylic acids is 1. The van der Waals surface area contributed by atoms with Gasteiger partial charge >= 0.3 is 5.97 Å². The molecule has 1 aromatic rings. The number of carbonyl (C=O) groups is 2. The SMILES string of the molecule is CC1=NN(c2ccc(C)cc2)C(=O)C1CCC(=O)O. The Morgan fingerprint density at radius 2 is 1.95 bits per heavy atom. The van der Waals surface area contributed by atoms with Gasteiger partial charge in [-0.05, 0) is 32.4 Å². The van der Waals surface area contributed by atoms with Crippen molar-refractivity contribution in [3.63, 3.8) is 0 Å². The Hall–Kier alpha value is -2.17. The highest BCUT2D eigenvalue weighted by Gasteiger charge is 2.34. The summed E-state index contributed by atoms with van der Waals surface area (Å²) in [6.07, 6.45) is 0.275. The van der Waals surface area contributed by atoms with Crippen molar-refractivity contribution in [2.75, 3.05) is 5.01 Å². The summed E-state index contributed by atoms with van der Waals surface area (Å²) < 4.78 is 0. The fraction of sp³-hybridized carbons (Fsp3) is 0.357. The van der Waals surface area contributed by atoms with E-state index in [1.807, 2.05) is 31.2 Å². The first-order chi connectivity index (χ1) is 8.99. The third kappa shape index (κ3) is 2.81. The summed E-state index contributed by atoms with van der Waals surface area (Å²) >= 11 is 0. The van der Waals surface area contributed by atoms with Crippen molar-refractivity contribution >= 4 is 23.3 Å². The Labute approximate surface area is 111 Å². The zero-order chi connectivity index (χ0) is 14.0. The van der Waals surface area contributed by atoms with Crippen molar-refractivity contribution in [1.82, 2.24) is 0 Å². The van der Waals surface area contributed by atoms with Gasteiger partial charge in [0.1, 0.15) is 0 Å². The maximum Gasteiger partial charge on any atom is 0.303 e. The van der Waals surface area contributed by atoms with E-state index >= 15 is 0 Å². The average Bonchev–Trinajstić information content (AvgIpc) is 2.63. The number of aryl methyl sites for hydroxylation is 1. The largest absolute Gasteiger partial charge is 0.481 e. The van der Waals surface area contributed by atoms with Gasteiger partial charge in [-0.3, -0.25) is 9.59 Å². The predicted molar refractivity (Wildman–Crippen MR) is 72.1 cm³/mol. The molecule has 0 saturated carbocycles. The lowest BCUT2D eigenvalue weighted by Gasteiger charge is -2.14. The highest BCUT2D eigenvalue weighted by molar-refractivity contribution is 6.14. The van der Waals surface area contributed by atoms with E-state index in [0.717, 1.165) is 5.56 Å². The summed E-state index contributed by atoms with van der Waals surface area (Å²) in [6.45, 7) is 3.73. The Morgan fingerprint density at radius 3 is 2.53 bits per heavy atom. The summed E-state index contributed by atoms with van der Waals surface area (Å²) in [7, 11) is 0. The highest BCUT2D eigenvalue weighted by atomic mass is 16.4. The van der Waals surface area contributed by atoms with Crippen molar-refractivity contribution in [2.24, 2.45) is 11.0 Å². The van der Waals surface area contributed by atoms with Gasteiger partial charge in [0.2, 0.25) is 0 Å². The number of rotatable bonds is 4. The molecule has 0 spiro atoms. The van der Waals surface area contributed by atoms with Crippen LogP contribution in [0.2, 0.25) is 0 Å². The molecule has 1 N–H and O–H groups in total. The van der Waals surface area contributed by atoms with Gasteiger partial charge in [0.05, 0.1) is 11.6 Å². The van der Waals surface area contributed by atoms with Crippen LogP contribution < -0.4 is 5.01 Å². The zero-order valence-corrected chi connectivity index (χ0v) is 11.0. The van der Waals surface area contributed by atoms with Crippen molar-refractivity contribution in [3.8, 4) is 0 Å². The second-order valence-corrected chi connectivity index (χ2v) is 4.71. The van der Waals surface area contributed by atoms with Crippen LogP contribution >= 0.6 is 0 Å². The molecule has 1 atom stereocenters. The lowest BCUT2D eigenvalue weighted by molar-refractivity contribution is -0.137. The van der Waals surface area contributed by atoms with Crippen LogP contribution in [-0.4, -0.2) is 22.7 Å². The van der Waals surface area contributed by atoms with Crippen LogP contribution in [0.3, 0.4) is 0 Å². The van der Waals surface area contributed by atoms with Gasteiger partial charge in [0.25, 0.3) is 5.91 Å². The van der Waals surface area contributed by atoms with E-state index in [2.05, 4.69) is 5.10 Å². The minimum atomic E-state index is -0.894. The molecule has 0 fully saturated rings. The quantitative estimate of drug-likeness (QED) is 0.902. The zero-order valence-electron chi connectivity index (χ0n) is 11.0. The molecule has 1 amide bonds. The first-order valence-corrected chi connectivity index (χ1v) is 6.16. The number of hydrogen-bond donors (Lipinski definition) is 1. The second-order valence-electron chi connectivity index (χ2n) is 4.71. The van der Waals surface area contributed by atoms with Crippen LogP contribution in [0.1, 0.15) is 25.3 Å². The fourth-order valence-corrected chi connectivity index (χ4v) is 2.07. The van der Waals surface area contributed by atoms with Crippen molar-refractivity contribution in [3.05, 3.63) is 29.8 Å². The molecule has 0 aliphatic carbocycles. The molecule has 5 heteroatoms. The van der Waals surface area contributed by atoms with E-state index in [0.29, 0.717) is 17.8 Å². The van der Waals surface area contributed by atoms with Gasteiger partial charge in [0, 0.05) is 12.1 Å². The highest BCUT2D eigenvalue weighted by Crippen LogP contribution is 2.26. The summed E-state index contributed by atoms with van der Waals surface area (Å²) in [5.41, 5.74) is 2.50. The van der Waals surface area contributed by atoms with Crippen LogP contribution in [0.15, 0.2) is 29.4 Å². The number of anilines is 1. The van der Waals surface area contributed by atoms with Gasteiger partial charge in [-0.25, -0.2) is 5.01 Å². The van der Waals surface area contributed by atoms with Crippen LogP contribution in [0, 0.1) is 12.8 Å². The topological polar surface area (TPSA) is 70.0 Å². The Kier molecular flexibility index (Phi) is 3.64. The number of aliphatic carboxylic acids is 1. The van der Waals surface area contributed by atoms with Gasteiger partial charge in [0.15, 0.2) is 0 Å². The summed E-state index contributed by atoms with van der Waals surface area (Å²) in [6, 6.07) is 7.50. The maximum atomic E-state index is 12.2. The number of hydrogen-bond acceptors (Lipinski definition) is 3. The van der Waals surface area contributed by atoms with E-state index in [1.54, 1.807) is 6.92 Å². The standard InChI is InChI=1S/C14H16N2O3/c1-9-3-5-11(6-4-9)16-14(19)12(10(2)15-16)7-8-13(17)18/h3-6,12H,7-8H2,1-2H3,(H,17,18). The maximum absolute atomic E-state index is 12.2. The number of hydrazone groups is 1. The summed E-state index contributed by atoms with van der Waals surface area (Å²) in [4.78, 5) is 22.8. The monoisotopic (exact) mass is 260 g/mol. The Morgan fingerprint density at radius 1 is 1.32 bits per heavy atom. The van der Waals surface area contributed by atoms with Crippen molar-refractivity contribution in [2.45, 2.75) is 26.7 Å². The number of amides is 1. The number of carboxylic acid groups (broad SMARTS) is 1. The van der Waals surface area contributed by atoms with Gasteiger partial charge in [-0.2, -0.15) is 5.10 Å². The summed E-state index contributed by atoms with van der Waals surface area (Å²) in [5.74, 6) is -1.46. The average molecular weight is 260 g/mol. The molecule has 0 aromatic heterocycles. The van der Waals surface area contributed by atoms with Crippen LogP contribution in [-0.2, 0) is 9.59 Å². The van der Waals surface area contributed by atoms with E-state index in [9.17, 15) is 9.59 Å². The van der Waals surface area contributed by atoms with Crippen LogP contribution in [0.5, 0.6) is 0 Å². The smallest absolute Gasteiger partial charge is 0.303 e. The number of nitrogens with zero attached hydrogens (tertiary/aromatic N) is 2. The Bertz CT molecular complexity index is 534. The molecule has 1 unspecified atom stereocenters. The van der Waals surface area contributed by atoms with Crippen LogP contribution in [0.4, 0.5) is 5.69 Å². The molecule has 19 heavy (non-hydrogen) atoms. The van der Waals surface area contributed by atoms with E-state index in [1.165, 1.54) is 5.01 Å². The lowest BCUT2D eigenvalue weighted by Crippen LogP contribution is -2.27. The molecule has 1 aromatic carbocycles. The van der Waals surface area contributed by atoms with Crippen molar-refractivity contribution in [1.29, 1.82) is 0 Å². The molecule has 0 radical (unpaired) electrons. The van der Waals surface area contributed by atoms with E-state index < -0.39 is 11.9 Å². The minimum Gasteiger partial charge on any atom is -0.481 e. The summed E-state index contributed by atoms with van der Waals surface area (Å²) in [5, 5.41) is 14.3. The number of carbonyl (C=O) groups excluding carboxylic acids is 1. The van der Waals surface area contributed by atoms with Gasteiger partial charge < -0.3 is 5.11 Å². The molecule has 5 nitrogen and oxygen atoms in total. The molecule has 0 saturated heterocycles. The predicted octanol–water partition coefficient (Wildman–Crippen LogP) is 2.20. The Balaban J connectivity index is 2.15. The molecule has 1 aliphatic rings. The molecule has 100 valence electrons. The fourth-order valence-electron chi connectivity index (χ4n) is 2.07. The minimum absolute atomic E-state index is 0.0228. The number of benzene rings is 1. The van der Waals surface area contributed by atoms with Crippen molar-refractivity contribution < 1.29 is 14.7 Å². The lowest BCUT2D eigenvalue weighted by atomic mass is 9.98. The van der Waals surface area contributed by atoms with E-state index in [-0.39, 0.29) is 12.3 Å². The third-order valence-electron chi connectivity index (χ3n) is 3.19. The molecule has 0 bridgehead atoms. The first-order valence-electron chi connectivity index (χ1n) is 6.16. The first kappa shape index (κ1) is 13.3. The molecule has 2 rings (SSSR count). The van der Waals surface area contributed by atoms with Crippen LogP contribution in [0.25, 0.3) is 0 Å².